The van der Waals surface area contributed by atoms with Crippen LogP contribution < -0.4 is 0 Å². The number of hydrogen-bond acceptors (Lipinski definition) is 1. The Morgan fingerprint density at radius 3 is 2.64 bits per heavy atom. The smallest absolute Gasteiger partial charge is 0.134 e. The fourth-order valence-electron chi connectivity index (χ4n) is 2.27. The molecule has 1 fully saturated rings. The molecule has 1 aliphatic heterocycles. The van der Waals surface area contributed by atoms with E-state index in [0.717, 1.165) is 6.61 Å². The van der Waals surface area contributed by atoms with Crippen molar-refractivity contribution < 1.29 is 4.74 Å². The zero-order valence-corrected chi connectivity index (χ0v) is 10.2. The molecule has 0 amide bonds. The summed E-state index contributed by atoms with van der Waals surface area (Å²) in [6, 6.07) is 0. The van der Waals surface area contributed by atoms with E-state index in [1.54, 1.807) is 0 Å². The van der Waals surface area contributed by atoms with E-state index >= 15 is 0 Å². The molecule has 0 N–H and O–H groups in total. The lowest BCUT2D eigenvalue weighted by Gasteiger charge is -2.17. The van der Waals surface area contributed by atoms with Crippen molar-refractivity contribution in [2.75, 3.05) is 6.61 Å². The quantitative estimate of drug-likeness (QED) is 0.480. The van der Waals surface area contributed by atoms with Gasteiger partial charge in [-0.3, -0.25) is 0 Å². The molecule has 3 unspecified atom stereocenters. The van der Waals surface area contributed by atoms with Crippen molar-refractivity contribution in [3.05, 3.63) is 0 Å². The first kappa shape index (κ1) is 12.3. The molecule has 3 atom stereocenters. The van der Waals surface area contributed by atoms with E-state index in [9.17, 15) is 0 Å². The predicted octanol–water partition coefficient (Wildman–Crippen LogP) is 4.19. The maximum Gasteiger partial charge on any atom is 0.134 e. The molecule has 0 aromatic carbocycles. The van der Waals surface area contributed by atoms with Gasteiger partial charge in [-0.15, -0.1) is 0 Å². The van der Waals surface area contributed by atoms with Crippen molar-refractivity contribution in [2.45, 2.75) is 57.9 Å². The second kappa shape index (κ2) is 6.68. The summed E-state index contributed by atoms with van der Waals surface area (Å²) >= 11 is 6.14. The molecule has 0 aromatic heterocycles. The summed E-state index contributed by atoms with van der Waals surface area (Å²) < 4.78 is 5.49. The molecule has 0 radical (unpaired) electrons. The monoisotopic (exact) mass is 218 g/mol. The summed E-state index contributed by atoms with van der Waals surface area (Å²) in [5, 5.41) is 0. The number of ether oxygens (including phenoxy) is 1. The van der Waals surface area contributed by atoms with Crippen LogP contribution in [0.2, 0.25) is 0 Å². The number of rotatable bonds is 6. The molecule has 1 saturated heterocycles. The Bertz CT molecular complexity index is 149. The van der Waals surface area contributed by atoms with E-state index < -0.39 is 0 Å². The SMILES string of the molecule is CCCCCCC1C(CC)COC1Cl. The lowest BCUT2D eigenvalue weighted by molar-refractivity contribution is 0.148. The van der Waals surface area contributed by atoms with E-state index in [0.29, 0.717) is 11.8 Å². The maximum absolute atomic E-state index is 6.14. The summed E-state index contributed by atoms with van der Waals surface area (Å²) in [6.45, 7) is 5.36. The summed E-state index contributed by atoms with van der Waals surface area (Å²) in [7, 11) is 0. The van der Waals surface area contributed by atoms with Gasteiger partial charge in [0, 0.05) is 5.92 Å². The predicted molar refractivity (Wildman–Crippen MR) is 61.6 cm³/mol. The first-order valence-electron chi connectivity index (χ1n) is 6.05. The maximum atomic E-state index is 6.14. The van der Waals surface area contributed by atoms with Crippen LogP contribution in [0.4, 0.5) is 0 Å². The van der Waals surface area contributed by atoms with Gasteiger partial charge in [0.15, 0.2) is 0 Å². The Balaban J connectivity index is 2.19. The molecule has 1 heterocycles. The molecule has 0 aromatic rings. The molecule has 1 aliphatic rings. The minimum atomic E-state index is -0.0124. The van der Waals surface area contributed by atoms with E-state index in [4.69, 9.17) is 16.3 Å². The van der Waals surface area contributed by atoms with Crippen LogP contribution in [0.1, 0.15) is 52.4 Å². The highest BCUT2D eigenvalue weighted by atomic mass is 35.5. The highest BCUT2D eigenvalue weighted by Gasteiger charge is 2.33. The molecule has 2 heteroatoms. The highest BCUT2D eigenvalue weighted by molar-refractivity contribution is 6.20. The van der Waals surface area contributed by atoms with Crippen LogP contribution in [0.25, 0.3) is 0 Å². The van der Waals surface area contributed by atoms with E-state index in [1.165, 1.54) is 38.5 Å². The topological polar surface area (TPSA) is 9.23 Å². The van der Waals surface area contributed by atoms with Gasteiger partial charge in [0.05, 0.1) is 6.61 Å². The molecule has 0 saturated carbocycles. The van der Waals surface area contributed by atoms with Crippen molar-refractivity contribution in [1.29, 1.82) is 0 Å². The Hall–Kier alpha value is 0.250. The minimum absolute atomic E-state index is 0.0124. The lowest BCUT2D eigenvalue weighted by Crippen LogP contribution is -2.15. The van der Waals surface area contributed by atoms with Crippen LogP contribution in [0.15, 0.2) is 0 Å². The van der Waals surface area contributed by atoms with Gasteiger partial charge in [-0.2, -0.15) is 0 Å². The molecule has 0 bridgehead atoms. The number of unbranched alkanes of at least 4 members (excludes halogenated alkanes) is 3. The second-order valence-corrected chi connectivity index (χ2v) is 4.80. The zero-order chi connectivity index (χ0) is 10.4. The molecular formula is C12H23ClO. The standard InChI is InChI=1S/C12H23ClO/c1-3-5-6-7-8-11-10(4-2)9-14-12(11)13/h10-12H,3-9H2,1-2H3. The molecule has 84 valence electrons. The van der Waals surface area contributed by atoms with Crippen LogP contribution >= 0.6 is 11.6 Å². The van der Waals surface area contributed by atoms with Gasteiger partial charge in [-0.05, 0) is 12.3 Å². The first-order valence-corrected chi connectivity index (χ1v) is 6.48. The molecule has 14 heavy (non-hydrogen) atoms. The minimum Gasteiger partial charge on any atom is -0.362 e. The average molecular weight is 219 g/mol. The Morgan fingerprint density at radius 2 is 2.00 bits per heavy atom. The van der Waals surface area contributed by atoms with Gasteiger partial charge < -0.3 is 4.74 Å². The molecule has 0 spiro atoms. The Morgan fingerprint density at radius 1 is 1.21 bits per heavy atom. The summed E-state index contributed by atoms with van der Waals surface area (Å²) in [4.78, 5) is 0. The van der Waals surface area contributed by atoms with Gasteiger partial charge in [-0.25, -0.2) is 0 Å². The Labute approximate surface area is 93.2 Å². The van der Waals surface area contributed by atoms with Crippen molar-refractivity contribution in [3.63, 3.8) is 0 Å². The Kier molecular flexibility index (Phi) is 5.88. The fourth-order valence-corrected chi connectivity index (χ4v) is 2.68. The van der Waals surface area contributed by atoms with Gasteiger partial charge >= 0.3 is 0 Å². The van der Waals surface area contributed by atoms with Gasteiger partial charge in [0.25, 0.3) is 0 Å². The van der Waals surface area contributed by atoms with E-state index in [1.807, 2.05) is 0 Å². The fraction of sp³-hybridized carbons (Fsp3) is 1.00. The van der Waals surface area contributed by atoms with Crippen molar-refractivity contribution in [2.24, 2.45) is 11.8 Å². The zero-order valence-electron chi connectivity index (χ0n) is 9.47. The third-order valence-electron chi connectivity index (χ3n) is 3.33. The van der Waals surface area contributed by atoms with Crippen LogP contribution in [-0.2, 0) is 4.74 Å². The van der Waals surface area contributed by atoms with Crippen LogP contribution in [0.3, 0.4) is 0 Å². The third-order valence-corrected chi connectivity index (χ3v) is 3.78. The molecular weight excluding hydrogens is 196 g/mol. The molecule has 1 rings (SSSR count). The van der Waals surface area contributed by atoms with Crippen molar-refractivity contribution in [3.8, 4) is 0 Å². The van der Waals surface area contributed by atoms with Crippen LogP contribution in [0.5, 0.6) is 0 Å². The third kappa shape index (κ3) is 3.43. The van der Waals surface area contributed by atoms with Crippen LogP contribution in [0, 0.1) is 11.8 Å². The van der Waals surface area contributed by atoms with Crippen molar-refractivity contribution >= 4 is 11.6 Å². The number of hydrogen-bond donors (Lipinski definition) is 0. The van der Waals surface area contributed by atoms with Crippen molar-refractivity contribution in [1.82, 2.24) is 0 Å². The lowest BCUT2D eigenvalue weighted by atomic mass is 9.89. The van der Waals surface area contributed by atoms with Gasteiger partial charge in [-0.1, -0.05) is 57.6 Å². The van der Waals surface area contributed by atoms with Crippen LogP contribution in [-0.4, -0.2) is 12.2 Å². The average Bonchev–Trinajstić information content (AvgIpc) is 2.55. The molecule has 1 nitrogen and oxygen atoms in total. The summed E-state index contributed by atoms with van der Waals surface area (Å²) in [6.07, 6.45) is 7.81. The van der Waals surface area contributed by atoms with Gasteiger partial charge in [0.2, 0.25) is 0 Å². The second-order valence-electron chi connectivity index (χ2n) is 4.37. The molecule has 0 aliphatic carbocycles. The van der Waals surface area contributed by atoms with E-state index in [-0.39, 0.29) is 5.56 Å². The van der Waals surface area contributed by atoms with Gasteiger partial charge in [0.1, 0.15) is 5.56 Å². The summed E-state index contributed by atoms with van der Waals surface area (Å²) in [5.74, 6) is 1.32. The number of halogens is 1. The first-order chi connectivity index (χ1) is 6.79. The largest absolute Gasteiger partial charge is 0.362 e. The normalized spacial score (nSPS) is 32.4. The number of alkyl halides is 1. The summed E-state index contributed by atoms with van der Waals surface area (Å²) in [5.41, 5.74) is -0.0124. The highest BCUT2D eigenvalue weighted by Crippen LogP contribution is 2.35. The van der Waals surface area contributed by atoms with E-state index in [2.05, 4.69) is 13.8 Å².